The third-order valence-electron chi connectivity index (χ3n) is 5.25. The summed E-state index contributed by atoms with van der Waals surface area (Å²) >= 11 is 0. The van der Waals surface area contributed by atoms with Crippen LogP contribution in [0.3, 0.4) is 0 Å². The highest BCUT2D eigenvalue weighted by molar-refractivity contribution is 5.73. The molecule has 0 radical (unpaired) electrons. The van der Waals surface area contributed by atoms with Crippen LogP contribution in [-0.4, -0.2) is 31.6 Å². The lowest BCUT2D eigenvalue weighted by molar-refractivity contribution is -0.175. The van der Waals surface area contributed by atoms with E-state index in [4.69, 9.17) is 0 Å². The highest BCUT2D eigenvalue weighted by Crippen LogP contribution is 2.37. The first-order chi connectivity index (χ1) is 12.1. The van der Waals surface area contributed by atoms with Crippen molar-refractivity contribution in [2.45, 2.75) is 70.3 Å². The van der Waals surface area contributed by atoms with Crippen molar-refractivity contribution < 1.29 is 17.6 Å². The second-order valence-corrected chi connectivity index (χ2v) is 7.33. The van der Waals surface area contributed by atoms with Crippen molar-refractivity contribution in [2.24, 2.45) is 5.92 Å². The molecule has 1 aliphatic carbocycles. The maximum absolute atomic E-state index is 14.0. The van der Waals surface area contributed by atoms with Gasteiger partial charge in [-0.15, -0.1) is 0 Å². The monoisotopic (exact) mass is 374 g/mol. The van der Waals surface area contributed by atoms with Crippen LogP contribution in [0.4, 0.5) is 17.6 Å². The molecule has 0 spiro atoms. The molecule has 3 rings (SSSR count). The number of alkyl halides is 4. The van der Waals surface area contributed by atoms with E-state index in [-0.39, 0.29) is 35.7 Å². The molecule has 1 aliphatic rings. The van der Waals surface area contributed by atoms with Crippen molar-refractivity contribution in [1.29, 1.82) is 0 Å². The molecule has 9 heteroatoms. The topological polar surface area (TPSA) is 63.6 Å². The van der Waals surface area contributed by atoms with E-state index in [1.54, 1.807) is 11.6 Å². The first-order valence-corrected chi connectivity index (χ1v) is 8.83. The standard InChI is InChI=1S/C17H22F4N4O/c1-3-10(17(19,20)21)8-13-23-14-12(15(26)24-13)9-22-25(14)11-4-6-16(2,18)7-5-11/h9-11H,3-8H2,1-2H3,(H,23,24,26). The van der Waals surface area contributed by atoms with Gasteiger partial charge in [-0.25, -0.2) is 14.1 Å². The number of aromatic nitrogens is 4. The summed E-state index contributed by atoms with van der Waals surface area (Å²) in [7, 11) is 0. The van der Waals surface area contributed by atoms with Crippen LogP contribution in [-0.2, 0) is 6.42 Å². The van der Waals surface area contributed by atoms with E-state index in [1.807, 2.05) is 0 Å². The summed E-state index contributed by atoms with van der Waals surface area (Å²) in [6, 6.07) is -0.108. The van der Waals surface area contributed by atoms with Crippen LogP contribution in [0, 0.1) is 5.92 Å². The Morgan fingerprint density at radius 2 is 2.04 bits per heavy atom. The zero-order valence-corrected chi connectivity index (χ0v) is 14.7. The van der Waals surface area contributed by atoms with E-state index in [1.165, 1.54) is 13.1 Å². The van der Waals surface area contributed by atoms with Crippen LogP contribution in [0.2, 0.25) is 0 Å². The summed E-state index contributed by atoms with van der Waals surface area (Å²) in [5, 5.41) is 4.44. The average molecular weight is 374 g/mol. The highest BCUT2D eigenvalue weighted by atomic mass is 19.4. The van der Waals surface area contributed by atoms with Gasteiger partial charge in [0.15, 0.2) is 5.65 Å². The molecule has 2 aromatic rings. The predicted molar refractivity (Wildman–Crippen MR) is 88.7 cm³/mol. The summed E-state index contributed by atoms with van der Waals surface area (Å²) in [4.78, 5) is 18.9. The van der Waals surface area contributed by atoms with Gasteiger partial charge in [-0.05, 0) is 39.0 Å². The van der Waals surface area contributed by atoms with Crippen molar-refractivity contribution in [3.63, 3.8) is 0 Å². The van der Waals surface area contributed by atoms with Gasteiger partial charge in [0.1, 0.15) is 16.9 Å². The van der Waals surface area contributed by atoms with Gasteiger partial charge in [0.2, 0.25) is 0 Å². The van der Waals surface area contributed by atoms with E-state index in [9.17, 15) is 22.4 Å². The van der Waals surface area contributed by atoms with Gasteiger partial charge in [0, 0.05) is 6.42 Å². The van der Waals surface area contributed by atoms with Gasteiger partial charge in [0.25, 0.3) is 5.56 Å². The Balaban J connectivity index is 1.93. The molecule has 0 aromatic carbocycles. The van der Waals surface area contributed by atoms with Crippen LogP contribution in [0.1, 0.15) is 57.8 Å². The SMILES string of the molecule is CCC(Cc1nc2c(cnn2C2CCC(C)(F)CC2)c(=O)[nH]1)C(F)(F)F. The lowest BCUT2D eigenvalue weighted by atomic mass is 9.85. The number of rotatable bonds is 4. The van der Waals surface area contributed by atoms with E-state index in [0.29, 0.717) is 25.7 Å². The minimum absolute atomic E-state index is 0.000403. The van der Waals surface area contributed by atoms with Crippen LogP contribution >= 0.6 is 0 Å². The van der Waals surface area contributed by atoms with Crippen LogP contribution in [0.15, 0.2) is 11.0 Å². The van der Waals surface area contributed by atoms with E-state index in [0.717, 1.165) is 0 Å². The van der Waals surface area contributed by atoms with Gasteiger partial charge < -0.3 is 4.98 Å². The van der Waals surface area contributed by atoms with E-state index >= 15 is 0 Å². The molecule has 1 saturated carbocycles. The Hall–Kier alpha value is -1.93. The number of hydrogen-bond donors (Lipinski definition) is 1. The number of nitrogens with one attached hydrogen (secondary N) is 1. The number of halogens is 4. The molecule has 0 bridgehead atoms. The number of nitrogens with zero attached hydrogens (tertiary/aromatic N) is 3. The molecule has 26 heavy (non-hydrogen) atoms. The minimum Gasteiger partial charge on any atom is -0.310 e. The maximum Gasteiger partial charge on any atom is 0.392 e. The largest absolute Gasteiger partial charge is 0.392 e. The molecular formula is C17H22F4N4O. The summed E-state index contributed by atoms with van der Waals surface area (Å²) in [6.45, 7) is 3.02. The molecule has 1 atom stereocenters. The molecule has 2 heterocycles. The lowest BCUT2D eigenvalue weighted by Gasteiger charge is -2.31. The van der Waals surface area contributed by atoms with Gasteiger partial charge >= 0.3 is 6.18 Å². The number of hydrogen-bond acceptors (Lipinski definition) is 3. The fourth-order valence-corrected chi connectivity index (χ4v) is 3.52. The molecular weight excluding hydrogens is 352 g/mol. The van der Waals surface area contributed by atoms with Gasteiger partial charge in [-0.2, -0.15) is 18.3 Å². The smallest absolute Gasteiger partial charge is 0.310 e. The van der Waals surface area contributed by atoms with Crippen molar-refractivity contribution in [3.8, 4) is 0 Å². The molecule has 2 aromatic heterocycles. The zero-order valence-electron chi connectivity index (χ0n) is 14.7. The second kappa shape index (κ2) is 6.66. The lowest BCUT2D eigenvalue weighted by Crippen LogP contribution is -2.28. The molecule has 0 aliphatic heterocycles. The fourth-order valence-electron chi connectivity index (χ4n) is 3.52. The molecule has 5 nitrogen and oxygen atoms in total. The Morgan fingerprint density at radius 3 is 2.62 bits per heavy atom. The quantitative estimate of drug-likeness (QED) is 0.820. The molecule has 0 saturated heterocycles. The fraction of sp³-hybridized carbons (Fsp3) is 0.706. The van der Waals surface area contributed by atoms with Crippen molar-refractivity contribution in [2.75, 3.05) is 0 Å². The first-order valence-electron chi connectivity index (χ1n) is 8.83. The second-order valence-electron chi connectivity index (χ2n) is 7.33. The van der Waals surface area contributed by atoms with Crippen molar-refractivity contribution in [1.82, 2.24) is 19.7 Å². The minimum atomic E-state index is -4.35. The molecule has 1 unspecified atom stereocenters. The van der Waals surface area contributed by atoms with Crippen LogP contribution < -0.4 is 5.56 Å². The van der Waals surface area contributed by atoms with E-state index in [2.05, 4.69) is 15.1 Å². The third kappa shape index (κ3) is 3.76. The Kier molecular flexibility index (Phi) is 4.83. The Bertz CT molecular complexity index is 829. The Morgan fingerprint density at radius 1 is 1.38 bits per heavy atom. The predicted octanol–water partition coefficient (Wildman–Crippen LogP) is 4.09. The number of aromatic amines is 1. The Labute approximate surface area is 147 Å². The first kappa shape index (κ1) is 18.8. The van der Waals surface area contributed by atoms with Crippen LogP contribution in [0.25, 0.3) is 11.0 Å². The highest BCUT2D eigenvalue weighted by Gasteiger charge is 2.39. The maximum atomic E-state index is 14.0. The zero-order chi connectivity index (χ0) is 19.1. The molecule has 1 fully saturated rings. The molecule has 144 valence electrons. The summed E-state index contributed by atoms with van der Waals surface area (Å²) < 4.78 is 54.7. The average Bonchev–Trinajstić information content (AvgIpc) is 2.96. The summed E-state index contributed by atoms with van der Waals surface area (Å²) in [5.74, 6) is -1.57. The normalized spacial score (nSPS) is 25.5. The van der Waals surface area contributed by atoms with Crippen molar-refractivity contribution in [3.05, 3.63) is 22.4 Å². The summed E-state index contributed by atoms with van der Waals surface area (Å²) in [5.41, 5.74) is -1.44. The van der Waals surface area contributed by atoms with Gasteiger partial charge in [-0.3, -0.25) is 4.79 Å². The number of H-pyrrole nitrogens is 1. The summed E-state index contributed by atoms with van der Waals surface area (Å²) in [6.07, 6.45) is -1.61. The number of fused-ring (bicyclic) bond motifs is 1. The third-order valence-corrected chi connectivity index (χ3v) is 5.25. The van der Waals surface area contributed by atoms with Gasteiger partial charge in [-0.1, -0.05) is 6.92 Å². The molecule has 1 N–H and O–H groups in total. The van der Waals surface area contributed by atoms with Crippen LogP contribution in [0.5, 0.6) is 0 Å². The van der Waals surface area contributed by atoms with Crippen molar-refractivity contribution >= 4 is 11.0 Å². The van der Waals surface area contributed by atoms with Gasteiger partial charge in [0.05, 0.1) is 18.2 Å². The van der Waals surface area contributed by atoms with E-state index < -0.39 is 23.3 Å². The molecule has 0 amide bonds.